The predicted octanol–water partition coefficient (Wildman–Crippen LogP) is 0.678. The number of hydrogen-bond donors (Lipinski definition) is 1. The summed E-state index contributed by atoms with van der Waals surface area (Å²) < 4.78 is 44.3. The Morgan fingerprint density at radius 2 is 2.41 bits per heavy atom. The number of nitrogens with one attached hydrogen (secondary N) is 1. The van der Waals surface area contributed by atoms with Gasteiger partial charge in [0.2, 0.25) is 5.03 Å². The molecule has 1 saturated heterocycles. The van der Waals surface area contributed by atoms with Crippen LogP contribution < -0.4 is 4.72 Å². The number of pyridine rings is 1. The fourth-order valence-electron chi connectivity index (χ4n) is 1.65. The molecule has 7 heteroatoms. The lowest BCUT2D eigenvalue weighted by atomic mass is 10.2. The van der Waals surface area contributed by atoms with Crippen LogP contribution in [0.25, 0.3) is 0 Å². The molecular weight excluding hydrogens is 247 g/mol. The average molecular weight is 260 g/mol. The molecule has 2 heterocycles. The molecule has 17 heavy (non-hydrogen) atoms. The van der Waals surface area contributed by atoms with Gasteiger partial charge in [-0.05, 0) is 25.0 Å². The number of nitrogens with zero attached hydrogens (tertiary/aromatic N) is 1. The van der Waals surface area contributed by atoms with E-state index >= 15 is 0 Å². The molecule has 1 N–H and O–H groups in total. The molecular formula is C10H13FN2O3S. The first-order chi connectivity index (χ1) is 8.09. The highest BCUT2D eigenvalue weighted by molar-refractivity contribution is 7.89. The number of sulfonamides is 1. The van der Waals surface area contributed by atoms with E-state index in [2.05, 4.69) is 9.71 Å². The van der Waals surface area contributed by atoms with Crippen LogP contribution in [0.1, 0.15) is 12.8 Å². The van der Waals surface area contributed by atoms with Gasteiger partial charge in [-0.1, -0.05) is 0 Å². The van der Waals surface area contributed by atoms with Crippen molar-refractivity contribution < 1.29 is 17.5 Å². The highest BCUT2D eigenvalue weighted by Crippen LogP contribution is 2.13. The van der Waals surface area contributed by atoms with Crippen molar-refractivity contribution in [3.63, 3.8) is 0 Å². The van der Waals surface area contributed by atoms with Crippen LogP contribution in [0, 0.1) is 5.82 Å². The molecule has 5 nitrogen and oxygen atoms in total. The van der Waals surface area contributed by atoms with Crippen LogP contribution in [0.4, 0.5) is 4.39 Å². The molecule has 0 aliphatic carbocycles. The molecule has 1 atom stereocenters. The van der Waals surface area contributed by atoms with Crippen molar-refractivity contribution in [3.8, 4) is 0 Å². The van der Waals surface area contributed by atoms with E-state index in [1.54, 1.807) is 0 Å². The minimum absolute atomic E-state index is 0.128. The molecule has 0 saturated carbocycles. The van der Waals surface area contributed by atoms with Crippen molar-refractivity contribution in [2.24, 2.45) is 0 Å². The maximum atomic E-state index is 13.3. The van der Waals surface area contributed by atoms with Crippen LogP contribution >= 0.6 is 0 Å². The van der Waals surface area contributed by atoms with Crippen molar-refractivity contribution in [2.75, 3.05) is 13.2 Å². The quantitative estimate of drug-likeness (QED) is 0.864. The van der Waals surface area contributed by atoms with E-state index in [1.807, 2.05) is 0 Å². The number of ether oxygens (including phenoxy) is 1. The fourth-order valence-corrected chi connectivity index (χ4v) is 2.71. The summed E-state index contributed by atoms with van der Waals surface area (Å²) >= 11 is 0. The van der Waals surface area contributed by atoms with Crippen LogP contribution in [-0.4, -0.2) is 32.7 Å². The van der Waals surface area contributed by atoms with Gasteiger partial charge >= 0.3 is 0 Å². The van der Waals surface area contributed by atoms with Gasteiger partial charge in [0.05, 0.1) is 6.10 Å². The average Bonchev–Trinajstić information content (AvgIpc) is 2.80. The lowest BCUT2D eigenvalue weighted by Crippen LogP contribution is -2.32. The summed E-state index contributed by atoms with van der Waals surface area (Å²) in [6.45, 7) is 0.794. The minimum Gasteiger partial charge on any atom is -0.377 e. The summed E-state index contributed by atoms with van der Waals surface area (Å²) in [5, 5.41) is -0.571. The molecule has 0 bridgehead atoms. The van der Waals surface area contributed by atoms with Crippen molar-refractivity contribution in [3.05, 3.63) is 24.1 Å². The Morgan fingerprint density at radius 3 is 3.06 bits per heavy atom. The predicted molar refractivity (Wildman–Crippen MR) is 58.4 cm³/mol. The van der Waals surface area contributed by atoms with Gasteiger partial charge < -0.3 is 4.74 Å². The second kappa shape index (κ2) is 5.07. The van der Waals surface area contributed by atoms with E-state index in [1.165, 1.54) is 12.3 Å². The largest absolute Gasteiger partial charge is 0.377 e. The SMILES string of the molecule is O=S(=O)(NCC1CCCO1)c1ncccc1F. The normalized spacial score (nSPS) is 20.6. The Kier molecular flexibility index (Phi) is 3.70. The molecule has 0 spiro atoms. The molecule has 1 unspecified atom stereocenters. The van der Waals surface area contributed by atoms with E-state index in [0.717, 1.165) is 18.9 Å². The van der Waals surface area contributed by atoms with Crippen LogP contribution in [0.3, 0.4) is 0 Å². The first kappa shape index (κ1) is 12.4. The van der Waals surface area contributed by atoms with Gasteiger partial charge in [-0.3, -0.25) is 0 Å². The molecule has 1 aromatic heterocycles. The summed E-state index contributed by atoms with van der Waals surface area (Å²) in [5.74, 6) is -0.854. The van der Waals surface area contributed by atoms with Crippen molar-refractivity contribution >= 4 is 10.0 Å². The number of rotatable bonds is 4. The maximum Gasteiger partial charge on any atom is 0.261 e. The summed E-state index contributed by atoms with van der Waals surface area (Å²) in [4.78, 5) is 3.53. The van der Waals surface area contributed by atoms with E-state index in [9.17, 15) is 12.8 Å². The standard InChI is InChI=1S/C10H13FN2O3S/c11-9-4-1-5-12-10(9)17(14,15)13-7-8-3-2-6-16-8/h1,4-5,8,13H,2-3,6-7H2. The van der Waals surface area contributed by atoms with E-state index in [0.29, 0.717) is 6.61 Å². The van der Waals surface area contributed by atoms with Crippen molar-refractivity contribution in [1.82, 2.24) is 9.71 Å². The molecule has 1 fully saturated rings. The molecule has 1 aromatic rings. The lowest BCUT2D eigenvalue weighted by Gasteiger charge is -2.11. The van der Waals surface area contributed by atoms with Gasteiger partial charge in [-0.25, -0.2) is 22.5 Å². The monoisotopic (exact) mass is 260 g/mol. The maximum absolute atomic E-state index is 13.3. The summed E-state index contributed by atoms with van der Waals surface area (Å²) in [5.41, 5.74) is 0. The molecule has 0 amide bonds. The van der Waals surface area contributed by atoms with E-state index < -0.39 is 20.9 Å². The summed E-state index contributed by atoms with van der Waals surface area (Å²) in [7, 11) is -3.89. The van der Waals surface area contributed by atoms with Crippen molar-refractivity contribution in [1.29, 1.82) is 0 Å². The fraction of sp³-hybridized carbons (Fsp3) is 0.500. The molecule has 94 valence electrons. The zero-order valence-corrected chi connectivity index (χ0v) is 9.91. The number of hydrogen-bond acceptors (Lipinski definition) is 4. The summed E-state index contributed by atoms with van der Waals surface area (Å²) in [6, 6.07) is 2.40. The molecule has 2 rings (SSSR count). The van der Waals surface area contributed by atoms with Gasteiger partial charge in [0.15, 0.2) is 5.82 Å². The van der Waals surface area contributed by atoms with Gasteiger partial charge in [0.1, 0.15) is 0 Å². The van der Waals surface area contributed by atoms with Crippen molar-refractivity contribution in [2.45, 2.75) is 24.0 Å². The number of halogens is 1. The molecule has 0 aromatic carbocycles. The smallest absolute Gasteiger partial charge is 0.261 e. The Bertz CT molecular complexity index is 486. The minimum atomic E-state index is -3.89. The Balaban J connectivity index is 2.06. The zero-order valence-electron chi connectivity index (χ0n) is 9.10. The Labute approximate surface area is 99.1 Å². The van der Waals surface area contributed by atoms with Gasteiger partial charge in [0.25, 0.3) is 10.0 Å². The molecule has 1 aliphatic rings. The number of aromatic nitrogens is 1. The molecule has 0 radical (unpaired) electrons. The van der Waals surface area contributed by atoms with Crippen LogP contribution in [-0.2, 0) is 14.8 Å². The highest BCUT2D eigenvalue weighted by atomic mass is 32.2. The van der Waals surface area contributed by atoms with E-state index in [4.69, 9.17) is 4.74 Å². The highest BCUT2D eigenvalue weighted by Gasteiger charge is 2.23. The second-order valence-corrected chi connectivity index (χ2v) is 5.46. The first-order valence-corrected chi connectivity index (χ1v) is 6.80. The lowest BCUT2D eigenvalue weighted by molar-refractivity contribution is 0.114. The van der Waals surface area contributed by atoms with Crippen LogP contribution in [0.15, 0.2) is 23.4 Å². The van der Waals surface area contributed by atoms with Gasteiger partial charge in [-0.15, -0.1) is 0 Å². The van der Waals surface area contributed by atoms with Gasteiger partial charge in [0, 0.05) is 19.3 Å². The van der Waals surface area contributed by atoms with Gasteiger partial charge in [-0.2, -0.15) is 0 Å². The van der Waals surface area contributed by atoms with Crippen LogP contribution in [0.5, 0.6) is 0 Å². The third kappa shape index (κ3) is 2.99. The second-order valence-electron chi connectivity index (χ2n) is 3.78. The zero-order chi connectivity index (χ0) is 12.3. The Hall–Kier alpha value is -1.05. The Morgan fingerprint density at radius 1 is 1.59 bits per heavy atom. The molecule has 1 aliphatic heterocycles. The van der Waals surface area contributed by atoms with E-state index in [-0.39, 0.29) is 12.6 Å². The summed E-state index contributed by atoms with van der Waals surface area (Å²) in [6.07, 6.45) is 2.85. The topological polar surface area (TPSA) is 68.3 Å². The van der Waals surface area contributed by atoms with Crippen LogP contribution in [0.2, 0.25) is 0 Å². The first-order valence-electron chi connectivity index (χ1n) is 5.31. The third-order valence-corrected chi connectivity index (χ3v) is 3.86. The third-order valence-electron chi connectivity index (χ3n) is 2.50.